The molecule has 1 aliphatic heterocycles. The van der Waals surface area contributed by atoms with E-state index in [4.69, 9.17) is 9.47 Å². The van der Waals surface area contributed by atoms with Crippen LogP contribution in [0, 0.1) is 0 Å². The number of hydrogen-bond donors (Lipinski definition) is 1. The third-order valence-corrected chi connectivity index (χ3v) is 7.03. The van der Waals surface area contributed by atoms with Crippen LogP contribution in [0.5, 0.6) is 11.5 Å². The van der Waals surface area contributed by atoms with Crippen molar-refractivity contribution >= 4 is 22.1 Å². The normalized spacial score (nSPS) is 18.8. The van der Waals surface area contributed by atoms with Gasteiger partial charge in [-0.25, -0.2) is 4.98 Å². The summed E-state index contributed by atoms with van der Waals surface area (Å²) in [5.41, 5.74) is 2.32. The first-order chi connectivity index (χ1) is 15.2. The van der Waals surface area contributed by atoms with E-state index < -0.39 is 22.5 Å². The lowest BCUT2D eigenvalue weighted by Gasteiger charge is -2.31. The van der Waals surface area contributed by atoms with E-state index >= 15 is 0 Å². The second-order valence-electron chi connectivity index (χ2n) is 7.39. The predicted octanol–water partition coefficient (Wildman–Crippen LogP) is 4.42. The molecule has 0 aliphatic carbocycles. The van der Waals surface area contributed by atoms with Gasteiger partial charge in [-0.15, -0.1) is 0 Å². The van der Waals surface area contributed by atoms with Gasteiger partial charge in [0.1, 0.15) is 30.8 Å². The molecule has 1 aromatic heterocycles. The maximum absolute atomic E-state index is 13.0. The minimum absolute atomic E-state index is 0.191. The summed E-state index contributed by atoms with van der Waals surface area (Å²) in [6, 6.07) is 26.4. The van der Waals surface area contributed by atoms with Gasteiger partial charge in [0.25, 0.3) is 0 Å². The molecule has 156 valence electrons. The maximum Gasteiger partial charge on any atom is 0.184 e. The molecule has 6 heteroatoms. The molecule has 5 nitrogen and oxygen atoms in total. The molecule has 5 rings (SSSR count). The molecule has 3 atom stereocenters. The number of rotatable bonds is 5. The number of pyridine rings is 1. The molecule has 1 aliphatic rings. The Hall–Kier alpha value is -3.06. The van der Waals surface area contributed by atoms with E-state index in [0.717, 1.165) is 16.6 Å². The van der Waals surface area contributed by atoms with Gasteiger partial charge >= 0.3 is 0 Å². The Labute approximate surface area is 183 Å². The van der Waals surface area contributed by atoms with Crippen molar-refractivity contribution in [2.75, 3.05) is 6.61 Å². The van der Waals surface area contributed by atoms with Crippen LogP contribution in [-0.4, -0.2) is 26.5 Å². The molecule has 2 heterocycles. The number of aliphatic hydroxyl groups excluding tert-OH is 1. The quantitative estimate of drug-likeness (QED) is 0.474. The summed E-state index contributed by atoms with van der Waals surface area (Å²) < 4.78 is 24.7. The van der Waals surface area contributed by atoms with Crippen LogP contribution >= 0.6 is 0 Å². The molecule has 0 saturated carbocycles. The summed E-state index contributed by atoms with van der Waals surface area (Å²) in [5.74, 6) is 1.19. The van der Waals surface area contributed by atoms with Gasteiger partial charge in [-0.3, -0.25) is 0 Å². The Bertz CT molecular complexity index is 1200. The predicted molar refractivity (Wildman–Crippen MR) is 120 cm³/mol. The highest BCUT2D eigenvalue weighted by Crippen LogP contribution is 2.39. The fourth-order valence-electron chi connectivity index (χ4n) is 3.70. The number of nitrogens with zero attached hydrogens (tertiary/aromatic N) is 1. The van der Waals surface area contributed by atoms with E-state index in [0.29, 0.717) is 28.6 Å². The first kappa shape index (κ1) is 19.9. The van der Waals surface area contributed by atoms with Crippen molar-refractivity contribution in [1.82, 2.24) is 4.98 Å². The lowest BCUT2D eigenvalue weighted by molar-refractivity contribution is 0.118. The van der Waals surface area contributed by atoms with Crippen molar-refractivity contribution in [2.45, 2.75) is 22.9 Å². The van der Waals surface area contributed by atoms with Crippen molar-refractivity contribution in [1.29, 1.82) is 0 Å². The highest BCUT2D eigenvalue weighted by atomic mass is 32.2. The number of ether oxygens (including phenoxy) is 2. The lowest BCUT2D eigenvalue weighted by atomic mass is 10.0. The minimum atomic E-state index is -1.39. The first-order valence-electron chi connectivity index (χ1n) is 10.1. The molecule has 0 fully saturated rings. The Morgan fingerprint density at radius 1 is 1.00 bits per heavy atom. The summed E-state index contributed by atoms with van der Waals surface area (Å²) >= 11 is -1.39. The summed E-state index contributed by atoms with van der Waals surface area (Å²) in [4.78, 5) is 5.30. The number of aromatic nitrogens is 1. The van der Waals surface area contributed by atoms with Gasteiger partial charge in [-0.05, 0) is 53.6 Å². The van der Waals surface area contributed by atoms with E-state index in [1.807, 2.05) is 54.6 Å². The van der Waals surface area contributed by atoms with Crippen LogP contribution in [0.25, 0.3) is 10.9 Å². The molecule has 0 radical (unpaired) electrons. The van der Waals surface area contributed by atoms with Crippen molar-refractivity contribution < 1.29 is 19.1 Å². The highest BCUT2D eigenvalue weighted by molar-refractivity contribution is 7.92. The highest BCUT2D eigenvalue weighted by Gasteiger charge is 2.39. The fraction of sp³-hybridized carbons (Fsp3) is 0.160. The van der Waals surface area contributed by atoms with Crippen LogP contribution in [-0.2, 0) is 17.8 Å². The first-order valence-corrected chi connectivity index (χ1v) is 11.3. The van der Waals surface area contributed by atoms with Crippen LogP contribution in [0.2, 0.25) is 0 Å². The van der Waals surface area contributed by atoms with Gasteiger partial charge < -0.3 is 19.1 Å². The minimum Gasteiger partial charge on any atom is -0.611 e. The second kappa shape index (κ2) is 8.59. The summed E-state index contributed by atoms with van der Waals surface area (Å²) in [7, 11) is 0. The van der Waals surface area contributed by atoms with E-state index in [1.165, 1.54) is 0 Å². The number of benzene rings is 3. The monoisotopic (exact) mass is 431 g/mol. The molecular formula is C25H21NO4S. The average Bonchev–Trinajstić information content (AvgIpc) is 2.83. The molecule has 31 heavy (non-hydrogen) atoms. The third kappa shape index (κ3) is 4.10. The molecule has 0 spiro atoms. The maximum atomic E-state index is 13.0. The zero-order chi connectivity index (χ0) is 21.2. The summed E-state index contributed by atoms with van der Waals surface area (Å²) in [6.07, 6.45) is -0.910. The van der Waals surface area contributed by atoms with E-state index in [-0.39, 0.29) is 6.61 Å². The van der Waals surface area contributed by atoms with Crippen LogP contribution in [0.3, 0.4) is 0 Å². The van der Waals surface area contributed by atoms with Gasteiger partial charge in [0.2, 0.25) is 0 Å². The Morgan fingerprint density at radius 3 is 2.68 bits per heavy atom. The van der Waals surface area contributed by atoms with Crippen LogP contribution < -0.4 is 9.47 Å². The standard InChI is InChI=1S/C25H21NO4S/c27-25-21-14-19(29-15-18-11-10-17-6-4-5-9-22(17)26-18)12-13-23(21)30-16-24(25)31(28)20-7-2-1-3-8-20/h1-14,24-25,27H,15-16H2. The zero-order valence-electron chi connectivity index (χ0n) is 16.7. The van der Waals surface area contributed by atoms with Crippen molar-refractivity contribution in [3.63, 3.8) is 0 Å². The van der Waals surface area contributed by atoms with Crippen LogP contribution in [0.1, 0.15) is 17.4 Å². The van der Waals surface area contributed by atoms with Crippen molar-refractivity contribution in [2.24, 2.45) is 0 Å². The Morgan fingerprint density at radius 2 is 1.81 bits per heavy atom. The van der Waals surface area contributed by atoms with Crippen LogP contribution in [0.15, 0.2) is 89.8 Å². The molecule has 3 unspecified atom stereocenters. The average molecular weight is 432 g/mol. The lowest BCUT2D eigenvalue weighted by Crippen LogP contribution is -2.37. The van der Waals surface area contributed by atoms with Gasteiger partial charge in [-0.1, -0.05) is 42.5 Å². The molecular weight excluding hydrogens is 410 g/mol. The van der Waals surface area contributed by atoms with Gasteiger partial charge in [0.05, 0.1) is 11.2 Å². The van der Waals surface area contributed by atoms with E-state index in [1.54, 1.807) is 30.3 Å². The Kier molecular flexibility index (Phi) is 5.51. The topological polar surface area (TPSA) is 74.6 Å². The molecule has 1 N–H and O–H groups in total. The third-order valence-electron chi connectivity index (χ3n) is 5.35. The largest absolute Gasteiger partial charge is 0.611 e. The Balaban J connectivity index is 1.33. The molecule has 0 amide bonds. The van der Waals surface area contributed by atoms with E-state index in [9.17, 15) is 9.66 Å². The van der Waals surface area contributed by atoms with Crippen LogP contribution in [0.4, 0.5) is 0 Å². The number of hydrogen-bond acceptors (Lipinski definition) is 5. The fourth-order valence-corrected chi connectivity index (χ4v) is 5.04. The number of fused-ring (bicyclic) bond motifs is 2. The summed E-state index contributed by atoms with van der Waals surface area (Å²) in [6.45, 7) is 0.497. The van der Waals surface area contributed by atoms with Gasteiger partial charge in [0.15, 0.2) is 10.1 Å². The molecule has 0 saturated heterocycles. The number of para-hydroxylation sites is 1. The second-order valence-corrected chi connectivity index (χ2v) is 9.06. The van der Waals surface area contributed by atoms with E-state index in [2.05, 4.69) is 4.98 Å². The number of aliphatic hydroxyl groups is 1. The SMILES string of the molecule is [O-][S+](c1ccccc1)C1COc2ccc(OCc3ccc4ccccc4n3)cc2C1O. The van der Waals surface area contributed by atoms with Crippen molar-refractivity contribution in [3.05, 3.63) is 96.2 Å². The molecule has 3 aromatic carbocycles. The summed E-state index contributed by atoms with van der Waals surface area (Å²) in [5, 5.41) is 11.5. The molecule has 4 aromatic rings. The smallest absolute Gasteiger partial charge is 0.184 e. The van der Waals surface area contributed by atoms with Crippen molar-refractivity contribution in [3.8, 4) is 11.5 Å². The zero-order valence-corrected chi connectivity index (χ0v) is 17.5. The van der Waals surface area contributed by atoms with Gasteiger partial charge in [-0.2, -0.15) is 0 Å². The van der Waals surface area contributed by atoms with Gasteiger partial charge in [0, 0.05) is 10.9 Å². The molecule has 0 bridgehead atoms.